The summed E-state index contributed by atoms with van der Waals surface area (Å²) in [6, 6.07) is 0. The van der Waals surface area contributed by atoms with Crippen molar-refractivity contribution in [3.63, 3.8) is 0 Å². The number of aryl methyl sites for hydroxylation is 1. The summed E-state index contributed by atoms with van der Waals surface area (Å²) in [5, 5.41) is 37.7. The first kappa shape index (κ1) is 17.0. The Morgan fingerprint density at radius 3 is 2.39 bits per heavy atom. The fourth-order valence-corrected chi connectivity index (χ4v) is 2.11. The third-order valence-corrected chi connectivity index (χ3v) is 3.35. The molecular weight excluding hydrogens is 312 g/mol. The van der Waals surface area contributed by atoms with Gasteiger partial charge in [-0.05, 0) is 6.92 Å². The maximum atomic E-state index is 12.2. The van der Waals surface area contributed by atoms with E-state index in [0.717, 1.165) is 4.57 Å². The van der Waals surface area contributed by atoms with E-state index < -0.39 is 48.3 Å². The van der Waals surface area contributed by atoms with Crippen LogP contribution in [-0.4, -0.2) is 64.9 Å². The molecule has 3 atom stereocenters. The lowest BCUT2D eigenvalue weighted by molar-refractivity contribution is -0.0805. The molecule has 0 aliphatic heterocycles. The molecule has 23 heavy (non-hydrogen) atoms. The topological polar surface area (TPSA) is 182 Å². The number of aromatic amines is 2. The molecule has 0 aliphatic carbocycles. The summed E-state index contributed by atoms with van der Waals surface area (Å²) in [5.41, 5.74) is -2.87. The van der Waals surface area contributed by atoms with E-state index in [-0.39, 0.29) is 16.9 Å². The summed E-state index contributed by atoms with van der Waals surface area (Å²) in [6.07, 6.45) is -4.98. The Balaban J connectivity index is 2.60. The largest absolute Gasteiger partial charge is 0.394 e. The summed E-state index contributed by atoms with van der Waals surface area (Å²) < 4.78 is 0.867. The van der Waals surface area contributed by atoms with Crippen molar-refractivity contribution in [2.75, 3.05) is 6.61 Å². The zero-order valence-electron chi connectivity index (χ0n) is 12.1. The number of rotatable bonds is 5. The minimum atomic E-state index is -1.73. The lowest BCUT2D eigenvalue weighted by atomic mass is 10.1. The first-order valence-electron chi connectivity index (χ1n) is 6.65. The average molecular weight is 328 g/mol. The normalized spacial score (nSPS) is 15.5. The van der Waals surface area contributed by atoms with Gasteiger partial charge in [-0.1, -0.05) is 0 Å². The summed E-state index contributed by atoms with van der Waals surface area (Å²) >= 11 is 0. The van der Waals surface area contributed by atoms with Crippen LogP contribution in [0.3, 0.4) is 0 Å². The minimum absolute atomic E-state index is 0.0561. The molecule has 6 N–H and O–H groups in total. The van der Waals surface area contributed by atoms with Crippen molar-refractivity contribution >= 4 is 11.2 Å². The van der Waals surface area contributed by atoms with Crippen molar-refractivity contribution in [3.8, 4) is 0 Å². The molecule has 0 saturated carbocycles. The monoisotopic (exact) mass is 328 g/mol. The van der Waals surface area contributed by atoms with E-state index in [2.05, 4.69) is 9.97 Å². The molecule has 0 aromatic carbocycles. The van der Waals surface area contributed by atoms with Crippen LogP contribution in [0.25, 0.3) is 11.2 Å². The Labute approximate surface area is 127 Å². The second-order valence-electron chi connectivity index (χ2n) is 5.03. The summed E-state index contributed by atoms with van der Waals surface area (Å²) in [4.78, 5) is 43.3. The van der Waals surface area contributed by atoms with E-state index in [9.17, 15) is 29.7 Å². The maximum absolute atomic E-state index is 12.2. The number of nitrogens with one attached hydrogen (secondary N) is 2. The average Bonchev–Trinajstić information content (AvgIpc) is 2.51. The van der Waals surface area contributed by atoms with E-state index in [1.54, 1.807) is 0 Å². The van der Waals surface area contributed by atoms with Crippen LogP contribution in [0.4, 0.5) is 0 Å². The molecule has 2 heterocycles. The molecule has 0 fully saturated rings. The number of aliphatic hydroxyl groups is 4. The van der Waals surface area contributed by atoms with Crippen LogP contribution in [-0.2, 0) is 6.54 Å². The first-order chi connectivity index (χ1) is 10.8. The van der Waals surface area contributed by atoms with E-state index in [4.69, 9.17) is 5.11 Å². The van der Waals surface area contributed by atoms with Crippen LogP contribution in [0.1, 0.15) is 5.69 Å². The number of hydrogen-bond acceptors (Lipinski definition) is 8. The minimum Gasteiger partial charge on any atom is -0.394 e. The molecule has 11 nitrogen and oxygen atoms in total. The zero-order valence-corrected chi connectivity index (χ0v) is 12.1. The molecule has 0 amide bonds. The number of H-pyrrole nitrogens is 2. The van der Waals surface area contributed by atoms with Crippen LogP contribution in [0.2, 0.25) is 0 Å². The van der Waals surface area contributed by atoms with Gasteiger partial charge < -0.3 is 20.4 Å². The lowest BCUT2D eigenvalue weighted by Gasteiger charge is -2.22. The standard InChI is InChI=1S/C12H16N4O7/c1-4-11(22)16(2-5(18)8(20)6(19)3-17)9-7(13-4)10(21)15-12(23)14-9/h5-6,8,17-20H,2-3H2,1H3,(H2,14,15,21,23). The van der Waals surface area contributed by atoms with E-state index in [1.807, 2.05) is 4.98 Å². The molecule has 126 valence electrons. The third kappa shape index (κ3) is 3.22. The van der Waals surface area contributed by atoms with Crippen LogP contribution >= 0.6 is 0 Å². The van der Waals surface area contributed by atoms with Gasteiger partial charge in [0.05, 0.1) is 13.2 Å². The number of aromatic nitrogens is 4. The highest BCUT2D eigenvalue weighted by Crippen LogP contribution is 2.06. The Bertz CT molecular complexity index is 884. The summed E-state index contributed by atoms with van der Waals surface area (Å²) in [5.74, 6) is 0. The summed E-state index contributed by atoms with van der Waals surface area (Å²) in [6.45, 7) is 0.0181. The Hall–Kier alpha value is -2.34. The molecule has 0 spiro atoms. The quantitative estimate of drug-likeness (QED) is 0.322. The first-order valence-corrected chi connectivity index (χ1v) is 6.65. The SMILES string of the molecule is Cc1nc2c(=O)[nH]c(=O)[nH]c2n(CC(O)C(O)C(O)CO)c1=O. The van der Waals surface area contributed by atoms with Crippen molar-refractivity contribution < 1.29 is 20.4 Å². The second-order valence-corrected chi connectivity index (χ2v) is 5.03. The zero-order chi connectivity index (χ0) is 17.3. The number of hydrogen-bond donors (Lipinski definition) is 6. The van der Waals surface area contributed by atoms with Crippen LogP contribution in [0, 0.1) is 6.92 Å². The molecule has 2 aromatic rings. The highest BCUT2D eigenvalue weighted by molar-refractivity contribution is 5.68. The molecule has 0 saturated heterocycles. The van der Waals surface area contributed by atoms with Gasteiger partial charge in [0.15, 0.2) is 5.52 Å². The molecule has 0 aliphatic rings. The number of nitrogens with zero attached hydrogens (tertiary/aromatic N) is 2. The highest BCUT2D eigenvalue weighted by atomic mass is 16.4. The molecule has 2 rings (SSSR count). The van der Waals surface area contributed by atoms with E-state index in [0.29, 0.717) is 0 Å². The Kier molecular flexibility index (Phi) is 4.75. The Morgan fingerprint density at radius 2 is 1.78 bits per heavy atom. The van der Waals surface area contributed by atoms with Gasteiger partial charge in [-0.3, -0.25) is 24.1 Å². The fourth-order valence-electron chi connectivity index (χ4n) is 2.11. The van der Waals surface area contributed by atoms with Crippen molar-refractivity contribution in [2.45, 2.75) is 31.8 Å². The predicted octanol–water partition coefficient (Wildman–Crippen LogP) is -3.84. The second kappa shape index (κ2) is 6.42. The third-order valence-electron chi connectivity index (χ3n) is 3.35. The lowest BCUT2D eigenvalue weighted by Crippen LogP contribution is -2.44. The van der Waals surface area contributed by atoms with Crippen molar-refractivity contribution in [1.29, 1.82) is 0 Å². The smallest absolute Gasteiger partial charge is 0.327 e. The van der Waals surface area contributed by atoms with Crippen LogP contribution < -0.4 is 16.8 Å². The molecular formula is C12H16N4O7. The summed E-state index contributed by atoms with van der Waals surface area (Å²) in [7, 11) is 0. The van der Waals surface area contributed by atoms with Crippen LogP contribution in [0.15, 0.2) is 14.4 Å². The molecule has 0 radical (unpaired) electrons. The van der Waals surface area contributed by atoms with E-state index in [1.165, 1.54) is 6.92 Å². The maximum Gasteiger partial charge on any atom is 0.327 e. The van der Waals surface area contributed by atoms with Crippen molar-refractivity contribution in [2.24, 2.45) is 0 Å². The van der Waals surface area contributed by atoms with Gasteiger partial charge in [0.25, 0.3) is 11.1 Å². The van der Waals surface area contributed by atoms with Crippen molar-refractivity contribution in [1.82, 2.24) is 19.5 Å². The molecule has 3 unspecified atom stereocenters. The van der Waals surface area contributed by atoms with Gasteiger partial charge >= 0.3 is 5.69 Å². The Morgan fingerprint density at radius 1 is 1.13 bits per heavy atom. The molecule has 2 aromatic heterocycles. The predicted molar refractivity (Wildman–Crippen MR) is 77.1 cm³/mol. The van der Waals surface area contributed by atoms with Gasteiger partial charge in [-0.2, -0.15) is 0 Å². The number of aliphatic hydroxyl groups excluding tert-OH is 4. The van der Waals surface area contributed by atoms with Gasteiger partial charge in [0.1, 0.15) is 29.7 Å². The van der Waals surface area contributed by atoms with Gasteiger partial charge in [0.2, 0.25) is 0 Å². The fraction of sp³-hybridized carbons (Fsp3) is 0.500. The van der Waals surface area contributed by atoms with E-state index >= 15 is 0 Å². The highest BCUT2D eigenvalue weighted by Gasteiger charge is 2.26. The van der Waals surface area contributed by atoms with Crippen LogP contribution in [0.5, 0.6) is 0 Å². The molecule has 0 bridgehead atoms. The van der Waals surface area contributed by atoms with Gasteiger partial charge in [-0.15, -0.1) is 0 Å². The van der Waals surface area contributed by atoms with Gasteiger partial charge in [0, 0.05) is 0 Å². The van der Waals surface area contributed by atoms with Crippen molar-refractivity contribution in [3.05, 3.63) is 36.9 Å². The molecule has 11 heteroatoms. The number of fused-ring (bicyclic) bond motifs is 1. The van der Waals surface area contributed by atoms with Gasteiger partial charge in [-0.25, -0.2) is 9.78 Å².